The van der Waals surface area contributed by atoms with Crippen LogP contribution in [-0.4, -0.2) is 203 Å². The van der Waals surface area contributed by atoms with E-state index in [4.69, 9.17) is 15.3 Å². The Hall–Kier alpha value is -1.74. The number of nitrogens with zero attached hydrogens (tertiary/aromatic N) is 4. The van der Waals surface area contributed by atoms with Crippen LogP contribution in [-0.2, 0) is 41.9 Å². The molecule has 22 nitrogen and oxygen atoms in total. The van der Waals surface area contributed by atoms with Crippen molar-refractivity contribution in [1.29, 1.82) is 0 Å². The molecule has 2 heterocycles. The fourth-order valence-electron chi connectivity index (χ4n) is 6.09. The number of pyridine rings is 1. The van der Waals surface area contributed by atoms with E-state index in [9.17, 15) is 59.4 Å². The summed E-state index contributed by atoms with van der Waals surface area (Å²) >= 11 is 0. The van der Waals surface area contributed by atoms with Gasteiger partial charge in [-0.05, 0) is 31.4 Å². The first kappa shape index (κ1) is 57.3. The molecule has 6 atom stereocenters. The van der Waals surface area contributed by atoms with Crippen molar-refractivity contribution in [3.05, 3.63) is 29.6 Å². The van der Waals surface area contributed by atoms with Gasteiger partial charge in [0.15, 0.2) is 0 Å². The second-order valence-corrected chi connectivity index (χ2v) is 13.7. The van der Waals surface area contributed by atoms with E-state index in [2.05, 4.69) is 20.9 Å². The number of aliphatic hydroxyl groups excluding tert-OH is 6. The van der Waals surface area contributed by atoms with Gasteiger partial charge in [-0.1, -0.05) is 6.07 Å². The van der Waals surface area contributed by atoms with Gasteiger partial charge in [0, 0.05) is 118 Å². The summed E-state index contributed by atoms with van der Waals surface area (Å²) in [7, 11) is 0. The molecule has 2 rings (SSSR count). The molecule has 0 radical (unpaired) electrons. The van der Waals surface area contributed by atoms with E-state index in [1.54, 1.807) is 18.2 Å². The van der Waals surface area contributed by atoms with E-state index >= 15 is 0 Å². The molecule has 0 aromatic carbocycles. The minimum atomic E-state index is -1.35. The number of hydrogen-bond acceptors (Lipinski definition) is 16. The van der Waals surface area contributed by atoms with E-state index in [0.29, 0.717) is 11.4 Å². The van der Waals surface area contributed by atoms with Gasteiger partial charge in [-0.2, -0.15) is 0 Å². The zero-order chi connectivity index (χ0) is 42.5. The number of carbonyl (C=O) groups is 6. The molecular formula is C35H57Gd2N7O15+2. The molecule has 24 heteroatoms. The molecule has 1 aromatic heterocycles. The third kappa shape index (κ3) is 22.3. The SMILES string of the molecule is O=C(CCC(C(=O)O)N1CCN(C(CCC(=O)NCC(O)CO)C(=O)O)Cc2cccc(n2)CN(C(CCC(=O)NCC(O)CO)C(=O)O)CC1)NCC(O)CO.[Gd+2].[Gd]. The van der Waals surface area contributed by atoms with Crippen molar-refractivity contribution in [2.45, 2.75) is 88.1 Å². The topological polar surface area (TPSA) is 343 Å². The standard InChI is InChI=1S/C35H57N7O15.2Gd/c43-19-24(46)14-36-30(49)7-4-27(33(52)53)40-10-12-41(28(34(54)55)5-8-31(50)37-15-25(47)20-44)17-22-2-1-3-23(39-22)18-42(13-11-40)29(35(56)57)6-9-32(51)38-16-26(48)21-45;;/h1-3,24-29,43-48H,4-21H2,(H,36,49)(H,37,50)(H,38,51)(H,52,53)(H,54,55)(H,56,57);;/q;;+2. The van der Waals surface area contributed by atoms with E-state index in [1.165, 1.54) is 14.7 Å². The molecule has 336 valence electrons. The average Bonchev–Trinajstić information content (AvgIpc) is 3.17. The van der Waals surface area contributed by atoms with Crippen molar-refractivity contribution >= 4 is 35.6 Å². The molecule has 0 aliphatic carbocycles. The number of aliphatic carboxylic acids is 3. The van der Waals surface area contributed by atoms with Gasteiger partial charge in [0.1, 0.15) is 18.1 Å². The Morgan fingerprint density at radius 2 is 0.847 bits per heavy atom. The van der Waals surface area contributed by atoms with Gasteiger partial charge in [-0.3, -0.25) is 48.5 Å². The van der Waals surface area contributed by atoms with Crippen molar-refractivity contribution in [1.82, 2.24) is 35.6 Å². The van der Waals surface area contributed by atoms with Gasteiger partial charge in [-0.15, -0.1) is 0 Å². The Morgan fingerprint density at radius 3 is 1.14 bits per heavy atom. The van der Waals surface area contributed by atoms with Crippen LogP contribution in [0.25, 0.3) is 0 Å². The number of nitrogens with one attached hydrogen (secondary N) is 3. The molecule has 0 spiro atoms. The maximum atomic E-state index is 12.8. The van der Waals surface area contributed by atoms with Crippen molar-refractivity contribution in [3.8, 4) is 0 Å². The molecule has 59 heavy (non-hydrogen) atoms. The predicted octanol–water partition coefficient (Wildman–Crippen LogP) is -4.89. The van der Waals surface area contributed by atoms with E-state index in [0.717, 1.165) is 0 Å². The Kier molecular flexibility index (Phi) is 30.2. The third-order valence-electron chi connectivity index (χ3n) is 9.29. The first-order chi connectivity index (χ1) is 27.1. The number of carbonyl (C=O) groups excluding carboxylic acids is 3. The summed E-state index contributed by atoms with van der Waals surface area (Å²) in [6, 6.07) is 0.996. The Labute approximate surface area is 405 Å². The molecule has 2 bridgehead atoms. The van der Waals surface area contributed by atoms with Crippen LogP contribution in [0.2, 0.25) is 0 Å². The van der Waals surface area contributed by atoms with Gasteiger partial charge < -0.3 is 61.9 Å². The van der Waals surface area contributed by atoms with Gasteiger partial charge in [0.05, 0.1) is 49.5 Å². The van der Waals surface area contributed by atoms with E-state index < -0.39 is 91.9 Å². The van der Waals surface area contributed by atoms with Crippen LogP contribution in [0.1, 0.15) is 49.9 Å². The molecule has 3 amide bonds. The molecule has 1 aromatic rings. The molecule has 0 saturated heterocycles. The van der Waals surface area contributed by atoms with Crippen LogP contribution in [0, 0.1) is 79.9 Å². The fraction of sp³-hybridized carbons (Fsp3) is 0.686. The summed E-state index contributed by atoms with van der Waals surface area (Å²) in [5.41, 5.74) is 0.762. The Morgan fingerprint density at radius 1 is 0.559 bits per heavy atom. The van der Waals surface area contributed by atoms with Crippen molar-refractivity contribution in [2.75, 3.05) is 65.6 Å². The van der Waals surface area contributed by atoms with E-state index in [-0.39, 0.29) is 177 Å². The van der Waals surface area contributed by atoms with Crippen molar-refractivity contribution in [3.63, 3.8) is 0 Å². The van der Waals surface area contributed by atoms with Gasteiger partial charge in [0.25, 0.3) is 0 Å². The van der Waals surface area contributed by atoms with Crippen molar-refractivity contribution < 1.29 is 155 Å². The fourth-order valence-corrected chi connectivity index (χ4v) is 6.09. The Balaban J connectivity index is 0.0000168. The molecule has 0 saturated carbocycles. The third-order valence-corrected chi connectivity index (χ3v) is 9.29. The predicted molar refractivity (Wildman–Crippen MR) is 197 cm³/mol. The quantitative estimate of drug-likeness (QED) is 0.0462. The molecule has 0 fully saturated rings. The summed E-state index contributed by atoms with van der Waals surface area (Å²) in [6.45, 7) is -3.13. The van der Waals surface area contributed by atoms with Crippen LogP contribution < -0.4 is 16.0 Å². The molecule has 1 aliphatic heterocycles. The van der Waals surface area contributed by atoms with Crippen LogP contribution in [0.15, 0.2) is 18.2 Å². The zero-order valence-corrected chi connectivity index (χ0v) is 36.9. The first-order valence-corrected chi connectivity index (χ1v) is 18.6. The number of aliphatic hydroxyl groups is 6. The average molecular weight is 1130 g/mol. The summed E-state index contributed by atoms with van der Waals surface area (Å²) in [6.07, 6.45) is -5.14. The van der Waals surface area contributed by atoms with Crippen LogP contribution in [0.4, 0.5) is 0 Å². The van der Waals surface area contributed by atoms with Gasteiger partial charge in [-0.25, -0.2) is 0 Å². The van der Waals surface area contributed by atoms with Gasteiger partial charge in [0.2, 0.25) is 17.7 Å². The Bertz CT molecular complexity index is 1390. The minimum absolute atomic E-state index is 0. The molecule has 1 aliphatic rings. The summed E-state index contributed by atoms with van der Waals surface area (Å²) in [5, 5.41) is 94.1. The number of hydrogen-bond donors (Lipinski definition) is 12. The monoisotopic (exact) mass is 1130 g/mol. The van der Waals surface area contributed by atoms with Crippen LogP contribution >= 0.6 is 0 Å². The summed E-state index contributed by atoms with van der Waals surface area (Å²) in [4.78, 5) is 84.9. The number of fused-ring (bicyclic) bond motifs is 2. The number of rotatable bonds is 24. The largest absolute Gasteiger partial charge is 2.00 e. The molecule has 12 N–H and O–H groups in total. The second kappa shape index (κ2) is 31.2. The normalized spacial score (nSPS) is 17.1. The first-order valence-electron chi connectivity index (χ1n) is 18.6. The number of aromatic nitrogens is 1. The molecule has 6 unspecified atom stereocenters. The van der Waals surface area contributed by atoms with Gasteiger partial charge >= 0.3 is 57.8 Å². The summed E-state index contributed by atoms with van der Waals surface area (Å²) in [5.74, 6) is -5.65. The maximum Gasteiger partial charge on any atom is 2.00 e. The number of carboxylic acids is 3. The van der Waals surface area contributed by atoms with Crippen molar-refractivity contribution in [2.24, 2.45) is 0 Å². The minimum Gasteiger partial charge on any atom is -0.480 e. The van der Waals surface area contributed by atoms with Crippen LogP contribution in [0.3, 0.4) is 0 Å². The summed E-state index contributed by atoms with van der Waals surface area (Å²) < 4.78 is 0. The second-order valence-electron chi connectivity index (χ2n) is 13.7. The van der Waals surface area contributed by atoms with Crippen LogP contribution in [0.5, 0.6) is 0 Å². The van der Waals surface area contributed by atoms with E-state index in [1.807, 2.05) is 0 Å². The number of amides is 3. The molecular weight excluding hydrogens is 1070 g/mol. The zero-order valence-electron chi connectivity index (χ0n) is 32.4. The number of carboxylic acid groups (broad SMARTS) is 3. The smallest absolute Gasteiger partial charge is 0.480 e. The maximum absolute atomic E-state index is 12.8.